The maximum absolute atomic E-state index is 13.1. The van der Waals surface area contributed by atoms with Crippen LogP contribution in [0.2, 0.25) is 0 Å². The second-order valence-electron chi connectivity index (χ2n) is 6.15. The molecule has 1 saturated heterocycles. The fourth-order valence-electron chi connectivity index (χ4n) is 3.25. The van der Waals surface area contributed by atoms with E-state index in [-0.39, 0.29) is 5.82 Å². The number of aromatic nitrogens is 3. The zero-order chi connectivity index (χ0) is 15.6. The fourth-order valence-corrected chi connectivity index (χ4v) is 3.25. The maximum Gasteiger partial charge on any atom is 0.160 e. The van der Waals surface area contributed by atoms with Gasteiger partial charge in [-0.2, -0.15) is 0 Å². The van der Waals surface area contributed by atoms with Gasteiger partial charge in [0.2, 0.25) is 0 Å². The Morgan fingerprint density at radius 2 is 2.09 bits per heavy atom. The molecule has 1 aromatic carbocycles. The molecule has 0 saturated carbocycles. The molecule has 1 aliphatic rings. The molecule has 0 amide bonds. The minimum atomic E-state index is -0.207. The second kappa shape index (κ2) is 6.08. The lowest BCUT2D eigenvalue weighted by atomic mass is 10.1. The molecule has 3 aromatic rings. The summed E-state index contributed by atoms with van der Waals surface area (Å²) in [6.45, 7) is 3.05. The van der Waals surface area contributed by atoms with Crippen molar-refractivity contribution in [1.29, 1.82) is 0 Å². The normalized spacial score (nSPS) is 17.9. The van der Waals surface area contributed by atoms with E-state index in [1.54, 1.807) is 0 Å². The van der Waals surface area contributed by atoms with Crippen LogP contribution in [0.1, 0.15) is 17.8 Å². The van der Waals surface area contributed by atoms with E-state index in [9.17, 15) is 4.39 Å². The minimum absolute atomic E-state index is 0.207. The Hall–Kier alpha value is -2.27. The first-order chi connectivity index (χ1) is 11.3. The molecular weight excluding hydrogens is 291 g/mol. The second-order valence-corrected chi connectivity index (χ2v) is 6.15. The summed E-state index contributed by atoms with van der Waals surface area (Å²) in [5, 5.41) is 3.41. The van der Waals surface area contributed by atoms with Gasteiger partial charge in [0.15, 0.2) is 5.65 Å². The number of hydrogen-bond donors (Lipinski definition) is 1. The van der Waals surface area contributed by atoms with E-state index < -0.39 is 0 Å². The Balaban J connectivity index is 1.70. The molecule has 1 fully saturated rings. The van der Waals surface area contributed by atoms with Gasteiger partial charge in [-0.3, -0.25) is 0 Å². The summed E-state index contributed by atoms with van der Waals surface area (Å²) in [4.78, 5) is 9.28. The first-order valence-corrected chi connectivity index (χ1v) is 8.05. The molecule has 4 rings (SSSR count). The van der Waals surface area contributed by atoms with Gasteiger partial charge in [-0.15, -0.1) is 0 Å². The number of nitrogens with zero attached hydrogens (tertiary/aromatic N) is 3. The molecule has 0 aliphatic carbocycles. The quantitative estimate of drug-likeness (QED) is 0.806. The third kappa shape index (κ3) is 2.97. The summed E-state index contributed by atoms with van der Waals surface area (Å²) < 4.78 is 15.3. The molecule has 1 N–H and O–H groups in total. The number of halogens is 1. The first kappa shape index (κ1) is 14.3. The van der Waals surface area contributed by atoms with Crippen molar-refractivity contribution in [2.24, 2.45) is 5.92 Å². The van der Waals surface area contributed by atoms with Gasteiger partial charge in [0.25, 0.3) is 0 Å². The van der Waals surface area contributed by atoms with Crippen LogP contribution in [0.5, 0.6) is 0 Å². The zero-order valence-electron chi connectivity index (χ0n) is 12.9. The zero-order valence-corrected chi connectivity index (χ0v) is 12.9. The van der Waals surface area contributed by atoms with E-state index in [4.69, 9.17) is 4.98 Å². The van der Waals surface area contributed by atoms with E-state index in [1.165, 1.54) is 18.6 Å². The van der Waals surface area contributed by atoms with Gasteiger partial charge in [-0.05, 0) is 55.3 Å². The summed E-state index contributed by atoms with van der Waals surface area (Å²) in [5.41, 5.74) is 2.93. The van der Waals surface area contributed by atoms with Crippen LogP contribution in [0.15, 0.2) is 42.6 Å². The van der Waals surface area contributed by atoms with E-state index >= 15 is 0 Å². The molecule has 0 spiro atoms. The Labute approximate surface area is 134 Å². The van der Waals surface area contributed by atoms with Crippen LogP contribution >= 0.6 is 0 Å². The Morgan fingerprint density at radius 1 is 1.22 bits per heavy atom. The Kier molecular flexibility index (Phi) is 3.79. The van der Waals surface area contributed by atoms with Crippen LogP contribution in [0.3, 0.4) is 0 Å². The third-order valence-corrected chi connectivity index (χ3v) is 4.46. The SMILES string of the molecule is Fc1ccc(Cc2nc3cccnc3n2CC2CCNC2)cc1. The highest BCUT2D eigenvalue weighted by atomic mass is 19.1. The number of hydrogen-bond acceptors (Lipinski definition) is 3. The van der Waals surface area contributed by atoms with Crippen molar-refractivity contribution >= 4 is 11.2 Å². The van der Waals surface area contributed by atoms with E-state index in [1.807, 2.05) is 30.5 Å². The predicted octanol–water partition coefficient (Wildman–Crippen LogP) is 2.77. The molecule has 0 bridgehead atoms. The molecule has 4 nitrogen and oxygen atoms in total. The minimum Gasteiger partial charge on any atom is -0.316 e. The van der Waals surface area contributed by atoms with Crippen molar-refractivity contribution in [2.75, 3.05) is 13.1 Å². The molecule has 1 atom stereocenters. The van der Waals surface area contributed by atoms with Crippen molar-refractivity contribution in [1.82, 2.24) is 19.9 Å². The van der Waals surface area contributed by atoms with Crippen LogP contribution in [0.25, 0.3) is 11.2 Å². The van der Waals surface area contributed by atoms with Crippen LogP contribution in [0.4, 0.5) is 4.39 Å². The van der Waals surface area contributed by atoms with Crippen molar-refractivity contribution in [3.63, 3.8) is 0 Å². The molecule has 2 aromatic heterocycles. The summed E-state index contributed by atoms with van der Waals surface area (Å²) in [7, 11) is 0. The summed E-state index contributed by atoms with van der Waals surface area (Å²) in [5.74, 6) is 1.40. The number of imidazole rings is 1. The molecular formula is C18H19FN4. The van der Waals surface area contributed by atoms with E-state index in [2.05, 4.69) is 14.9 Å². The Morgan fingerprint density at radius 3 is 2.87 bits per heavy atom. The third-order valence-electron chi connectivity index (χ3n) is 4.46. The van der Waals surface area contributed by atoms with Gasteiger partial charge in [-0.25, -0.2) is 14.4 Å². The standard InChI is InChI=1S/C18H19FN4/c19-15-5-3-13(4-6-15)10-17-22-16-2-1-8-21-18(16)23(17)12-14-7-9-20-11-14/h1-6,8,14,20H,7,9-12H2. The first-order valence-electron chi connectivity index (χ1n) is 8.05. The average molecular weight is 310 g/mol. The lowest BCUT2D eigenvalue weighted by Gasteiger charge is -2.13. The van der Waals surface area contributed by atoms with Gasteiger partial charge < -0.3 is 9.88 Å². The van der Waals surface area contributed by atoms with Crippen LogP contribution in [0, 0.1) is 11.7 Å². The summed E-state index contributed by atoms with van der Waals surface area (Å²) >= 11 is 0. The lowest BCUT2D eigenvalue weighted by Crippen LogP contribution is -2.16. The van der Waals surface area contributed by atoms with Gasteiger partial charge in [-0.1, -0.05) is 12.1 Å². The summed E-state index contributed by atoms with van der Waals surface area (Å²) in [6.07, 6.45) is 3.69. The molecule has 118 valence electrons. The highest BCUT2D eigenvalue weighted by Crippen LogP contribution is 2.20. The van der Waals surface area contributed by atoms with Crippen LogP contribution in [-0.2, 0) is 13.0 Å². The summed E-state index contributed by atoms with van der Waals surface area (Å²) in [6, 6.07) is 10.6. The number of benzene rings is 1. The van der Waals surface area contributed by atoms with Gasteiger partial charge >= 0.3 is 0 Å². The van der Waals surface area contributed by atoms with Crippen molar-refractivity contribution in [3.05, 3.63) is 59.8 Å². The highest BCUT2D eigenvalue weighted by Gasteiger charge is 2.19. The Bertz CT molecular complexity index is 804. The molecule has 1 aliphatic heterocycles. The van der Waals surface area contributed by atoms with Gasteiger partial charge in [0, 0.05) is 19.2 Å². The monoisotopic (exact) mass is 310 g/mol. The molecule has 3 heterocycles. The number of pyridine rings is 1. The molecule has 5 heteroatoms. The molecule has 0 radical (unpaired) electrons. The van der Waals surface area contributed by atoms with Crippen molar-refractivity contribution in [2.45, 2.75) is 19.4 Å². The van der Waals surface area contributed by atoms with E-state index in [0.29, 0.717) is 12.3 Å². The fraction of sp³-hybridized carbons (Fsp3) is 0.333. The number of rotatable bonds is 4. The van der Waals surface area contributed by atoms with E-state index in [0.717, 1.165) is 42.2 Å². The average Bonchev–Trinajstić information content (AvgIpc) is 3.19. The smallest absolute Gasteiger partial charge is 0.160 e. The van der Waals surface area contributed by atoms with Gasteiger partial charge in [0.1, 0.15) is 17.2 Å². The van der Waals surface area contributed by atoms with Crippen molar-refractivity contribution < 1.29 is 4.39 Å². The van der Waals surface area contributed by atoms with Crippen LogP contribution < -0.4 is 5.32 Å². The predicted molar refractivity (Wildman–Crippen MR) is 87.7 cm³/mol. The number of fused-ring (bicyclic) bond motifs is 1. The molecule has 1 unspecified atom stereocenters. The topological polar surface area (TPSA) is 42.7 Å². The van der Waals surface area contributed by atoms with Crippen molar-refractivity contribution in [3.8, 4) is 0 Å². The lowest BCUT2D eigenvalue weighted by molar-refractivity contribution is 0.478. The molecule has 23 heavy (non-hydrogen) atoms. The maximum atomic E-state index is 13.1. The largest absolute Gasteiger partial charge is 0.316 e. The highest BCUT2D eigenvalue weighted by molar-refractivity contribution is 5.71. The van der Waals surface area contributed by atoms with Crippen LogP contribution in [-0.4, -0.2) is 27.6 Å². The number of nitrogens with one attached hydrogen (secondary N) is 1. The van der Waals surface area contributed by atoms with Gasteiger partial charge in [0.05, 0.1) is 0 Å².